The van der Waals surface area contributed by atoms with E-state index >= 15 is 0 Å². The van der Waals surface area contributed by atoms with Crippen LogP contribution in [0.1, 0.15) is 26.2 Å². The molecule has 90 valence electrons. The number of unbranched alkanes of at least 4 members (excludes halogenated alkanes) is 1. The second-order valence-corrected chi connectivity index (χ2v) is 3.63. The highest BCUT2D eigenvalue weighted by Crippen LogP contribution is 2.17. The van der Waals surface area contributed by atoms with E-state index in [4.69, 9.17) is 10.00 Å². The lowest BCUT2D eigenvalue weighted by molar-refractivity contribution is -0.116. The molecule has 1 rings (SSSR count). The van der Waals surface area contributed by atoms with Gasteiger partial charge in [0.15, 0.2) is 6.61 Å². The van der Waals surface area contributed by atoms with Gasteiger partial charge in [-0.1, -0.05) is 19.4 Å². The van der Waals surface area contributed by atoms with E-state index < -0.39 is 0 Å². The third-order valence-corrected chi connectivity index (χ3v) is 2.18. The quantitative estimate of drug-likeness (QED) is 0.820. The lowest BCUT2D eigenvalue weighted by Gasteiger charge is -2.07. The third-order valence-electron chi connectivity index (χ3n) is 2.18. The fourth-order valence-corrected chi connectivity index (χ4v) is 1.34. The zero-order chi connectivity index (χ0) is 12.5. The van der Waals surface area contributed by atoms with Crippen LogP contribution in [-0.4, -0.2) is 12.5 Å². The van der Waals surface area contributed by atoms with Crippen molar-refractivity contribution in [3.05, 3.63) is 24.3 Å². The molecule has 0 aliphatic carbocycles. The van der Waals surface area contributed by atoms with Gasteiger partial charge in [0.2, 0.25) is 5.91 Å². The SMILES string of the molecule is CCCCC(=O)Nc1cccc(OCC#N)c1. The van der Waals surface area contributed by atoms with Crippen LogP contribution >= 0.6 is 0 Å². The number of amides is 1. The number of hydrogen-bond donors (Lipinski definition) is 1. The van der Waals surface area contributed by atoms with Crippen molar-refractivity contribution in [2.75, 3.05) is 11.9 Å². The Kier molecular flexibility index (Phi) is 5.59. The van der Waals surface area contributed by atoms with Gasteiger partial charge in [0.05, 0.1) is 0 Å². The maximum absolute atomic E-state index is 11.5. The third kappa shape index (κ3) is 5.03. The summed E-state index contributed by atoms with van der Waals surface area (Å²) in [6.45, 7) is 2.05. The predicted octanol–water partition coefficient (Wildman–Crippen LogP) is 2.72. The van der Waals surface area contributed by atoms with Crippen molar-refractivity contribution in [2.45, 2.75) is 26.2 Å². The van der Waals surface area contributed by atoms with E-state index in [1.807, 2.05) is 13.0 Å². The highest BCUT2D eigenvalue weighted by Gasteiger charge is 2.02. The number of ether oxygens (including phenoxy) is 1. The number of anilines is 1. The van der Waals surface area contributed by atoms with Crippen LogP contribution < -0.4 is 10.1 Å². The predicted molar refractivity (Wildman–Crippen MR) is 65.7 cm³/mol. The summed E-state index contributed by atoms with van der Waals surface area (Å²) < 4.78 is 5.15. The Morgan fingerprint density at radius 2 is 2.35 bits per heavy atom. The number of nitriles is 1. The van der Waals surface area contributed by atoms with Crippen molar-refractivity contribution in [1.29, 1.82) is 5.26 Å². The summed E-state index contributed by atoms with van der Waals surface area (Å²) in [5, 5.41) is 11.2. The first-order chi connectivity index (χ1) is 8.26. The van der Waals surface area contributed by atoms with Gasteiger partial charge in [0.25, 0.3) is 0 Å². The van der Waals surface area contributed by atoms with Gasteiger partial charge in [-0.25, -0.2) is 0 Å². The molecular weight excluding hydrogens is 216 g/mol. The summed E-state index contributed by atoms with van der Waals surface area (Å²) in [6, 6.07) is 8.93. The van der Waals surface area contributed by atoms with Crippen LogP contribution in [0.3, 0.4) is 0 Å². The Bertz CT molecular complexity index is 410. The first-order valence-corrected chi connectivity index (χ1v) is 5.66. The van der Waals surface area contributed by atoms with Gasteiger partial charge in [0, 0.05) is 18.2 Å². The summed E-state index contributed by atoms with van der Waals surface area (Å²) in [5.41, 5.74) is 0.696. The van der Waals surface area contributed by atoms with Crippen LogP contribution in [-0.2, 0) is 4.79 Å². The van der Waals surface area contributed by atoms with Gasteiger partial charge in [0.1, 0.15) is 11.8 Å². The van der Waals surface area contributed by atoms with E-state index in [1.165, 1.54) is 0 Å². The molecule has 0 radical (unpaired) electrons. The number of hydrogen-bond acceptors (Lipinski definition) is 3. The second-order valence-electron chi connectivity index (χ2n) is 3.63. The molecule has 0 bridgehead atoms. The Labute approximate surface area is 101 Å². The highest BCUT2D eigenvalue weighted by molar-refractivity contribution is 5.90. The molecule has 1 aromatic rings. The lowest BCUT2D eigenvalue weighted by Crippen LogP contribution is -2.10. The number of rotatable bonds is 6. The maximum Gasteiger partial charge on any atom is 0.224 e. The Balaban J connectivity index is 2.53. The van der Waals surface area contributed by atoms with Crippen LogP contribution in [0.15, 0.2) is 24.3 Å². The number of nitrogens with one attached hydrogen (secondary N) is 1. The first-order valence-electron chi connectivity index (χ1n) is 5.66. The number of carbonyl (C=O) groups excluding carboxylic acids is 1. The summed E-state index contributed by atoms with van der Waals surface area (Å²) in [4.78, 5) is 11.5. The Morgan fingerprint density at radius 3 is 3.06 bits per heavy atom. The van der Waals surface area contributed by atoms with Gasteiger partial charge in [-0.3, -0.25) is 4.79 Å². The molecule has 0 aliphatic rings. The van der Waals surface area contributed by atoms with E-state index in [0.717, 1.165) is 12.8 Å². The average Bonchev–Trinajstić information content (AvgIpc) is 2.34. The fraction of sp³-hybridized carbons (Fsp3) is 0.385. The molecule has 0 unspecified atom stereocenters. The standard InChI is InChI=1S/C13H16N2O2/c1-2-3-7-13(16)15-11-5-4-6-12(10-11)17-9-8-14/h4-6,10H,2-3,7,9H2,1H3,(H,15,16). The fourth-order valence-electron chi connectivity index (χ4n) is 1.34. The first kappa shape index (κ1) is 13.0. The van der Waals surface area contributed by atoms with Crippen LogP contribution in [0, 0.1) is 11.3 Å². The molecular formula is C13H16N2O2. The Morgan fingerprint density at radius 1 is 1.53 bits per heavy atom. The molecule has 1 aromatic carbocycles. The van der Waals surface area contributed by atoms with Crippen molar-refractivity contribution >= 4 is 11.6 Å². The van der Waals surface area contributed by atoms with Gasteiger partial charge in [-0.2, -0.15) is 5.26 Å². The molecule has 1 N–H and O–H groups in total. The molecule has 4 nitrogen and oxygen atoms in total. The minimum absolute atomic E-state index is 0.00397. The van der Waals surface area contributed by atoms with E-state index in [-0.39, 0.29) is 12.5 Å². The number of nitrogens with zero attached hydrogens (tertiary/aromatic N) is 1. The second kappa shape index (κ2) is 7.29. The summed E-state index contributed by atoms with van der Waals surface area (Å²) in [7, 11) is 0. The van der Waals surface area contributed by atoms with Crippen molar-refractivity contribution in [1.82, 2.24) is 0 Å². The highest BCUT2D eigenvalue weighted by atomic mass is 16.5. The van der Waals surface area contributed by atoms with Crippen molar-refractivity contribution < 1.29 is 9.53 Å². The largest absolute Gasteiger partial charge is 0.479 e. The molecule has 0 aliphatic heterocycles. The molecule has 17 heavy (non-hydrogen) atoms. The number of carbonyl (C=O) groups is 1. The van der Waals surface area contributed by atoms with E-state index in [2.05, 4.69) is 5.32 Å². The molecule has 4 heteroatoms. The average molecular weight is 232 g/mol. The zero-order valence-electron chi connectivity index (χ0n) is 9.90. The van der Waals surface area contributed by atoms with Crippen LogP contribution in [0.25, 0.3) is 0 Å². The topological polar surface area (TPSA) is 62.1 Å². The Hall–Kier alpha value is -2.02. The van der Waals surface area contributed by atoms with E-state index in [9.17, 15) is 4.79 Å². The van der Waals surface area contributed by atoms with Gasteiger partial charge < -0.3 is 10.1 Å². The summed E-state index contributed by atoms with van der Waals surface area (Å²) in [6.07, 6.45) is 2.41. The molecule has 0 spiro atoms. The molecule has 0 saturated heterocycles. The molecule has 0 saturated carbocycles. The minimum Gasteiger partial charge on any atom is -0.479 e. The van der Waals surface area contributed by atoms with Crippen molar-refractivity contribution in [3.63, 3.8) is 0 Å². The van der Waals surface area contributed by atoms with E-state index in [0.29, 0.717) is 17.9 Å². The molecule has 0 heterocycles. The molecule has 0 fully saturated rings. The summed E-state index contributed by atoms with van der Waals surface area (Å²) in [5.74, 6) is 0.587. The van der Waals surface area contributed by atoms with Crippen molar-refractivity contribution in [3.8, 4) is 11.8 Å². The van der Waals surface area contributed by atoms with Gasteiger partial charge in [-0.15, -0.1) is 0 Å². The number of benzene rings is 1. The van der Waals surface area contributed by atoms with Crippen LogP contribution in [0.4, 0.5) is 5.69 Å². The van der Waals surface area contributed by atoms with Gasteiger partial charge in [-0.05, 0) is 18.6 Å². The maximum atomic E-state index is 11.5. The normalized spacial score (nSPS) is 9.41. The smallest absolute Gasteiger partial charge is 0.224 e. The van der Waals surface area contributed by atoms with Crippen LogP contribution in [0.5, 0.6) is 5.75 Å². The van der Waals surface area contributed by atoms with Gasteiger partial charge >= 0.3 is 0 Å². The summed E-state index contributed by atoms with van der Waals surface area (Å²) >= 11 is 0. The van der Waals surface area contributed by atoms with Crippen LogP contribution in [0.2, 0.25) is 0 Å². The lowest BCUT2D eigenvalue weighted by atomic mass is 10.2. The zero-order valence-corrected chi connectivity index (χ0v) is 9.90. The minimum atomic E-state index is 0.00397. The van der Waals surface area contributed by atoms with E-state index in [1.54, 1.807) is 24.3 Å². The van der Waals surface area contributed by atoms with Crippen molar-refractivity contribution in [2.24, 2.45) is 0 Å². The molecule has 0 atom stereocenters. The molecule has 1 amide bonds. The monoisotopic (exact) mass is 232 g/mol. The molecule has 0 aromatic heterocycles.